The molecule has 4 amide bonds. The van der Waals surface area contributed by atoms with Gasteiger partial charge in [-0.05, 0) is 24.8 Å². The smallest absolute Gasteiger partial charge is 0.322 e. The fourth-order valence-corrected chi connectivity index (χ4v) is 3.10. The third-order valence-corrected chi connectivity index (χ3v) is 4.95. The second-order valence-corrected chi connectivity index (χ2v) is 7.98. The Bertz CT molecular complexity index is 936. The van der Waals surface area contributed by atoms with Crippen molar-refractivity contribution in [3.63, 3.8) is 0 Å². The molecule has 0 aliphatic carbocycles. The third-order valence-electron chi connectivity index (χ3n) is 4.95. The van der Waals surface area contributed by atoms with E-state index in [0.717, 1.165) is 5.56 Å². The Hall–Kier alpha value is -4.20. The van der Waals surface area contributed by atoms with Crippen LogP contribution in [-0.4, -0.2) is 71.9 Å². The molecule has 0 radical (unpaired) electrons. The first kappa shape index (κ1) is 29.8. The van der Waals surface area contributed by atoms with E-state index in [9.17, 15) is 24.0 Å². The highest BCUT2D eigenvalue weighted by Gasteiger charge is 2.28. The van der Waals surface area contributed by atoms with Gasteiger partial charge in [-0.1, -0.05) is 30.3 Å². The summed E-state index contributed by atoms with van der Waals surface area (Å²) in [5, 5.41) is 16.2. The van der Waals surface area contributed by atoms with Crippen LogP contribution in [-0.2, 0) is 30.4 Å². The van der Waals surface area contributed by atoms with E-state index < -0.39 is 54.3 Å². The number of carboxylic acids is 1. The number of carboxylic acid groups (broad SMARTS) is 1. The van der Waals surface area contributed by atoms with Crippen molar-refractivity contribution in [3.05, 3.63) is 35.9 Å². The van der Waals surface area contributed by atoms with Gasteiger partial charge in [0.1, 0.15) is 18.6 Å². The van der Waals surface area contributed by atoms with Crippen LogP contribution in [0.15, 0.2) is 35.3 Å². The van der Waals surface area contributed by atoms with E-state index in [0.29, 0.717) is 6.42 Å². The molecule has 3 atom stereocenters. The summed E-state index contributed by atoms with van der Waals surface area (Å²) in [6.07, 6.45) is 0.356. The zero-order valence-electron chi connectivity index (χ0n) is 19.8. The van der Waals surface area contributed by atoms with Crippen molar-refractivity contribution < 1.29 is 29.1 Å². The molecule has 36 heavy (non-hydrogen) atoms. The number of carbonyl (C=O) groups excluding carboxylic acids is 4. The van der Waals surface area contributed by atoms with Gasteiger partial charge in [0.2, 0.25) is 23.6 Å². The summed E-state index contributed by atoms with van der Waals surface area (Å²) in [6, 6.07) is 5.45. The molecule has 0 saturated heterocycles. The maximum absolute atomic E-state index is 13.1. The largest absolute Gasteiger partial charge is 0.480 e. The van der Waals surface area contributed by atoms with Crippen LogP contribution < -0.4 is 38.9 Å². The lowest BCUT2D eigenvalue weighted by Crippen LogP contribution is -2.56. The van der Waals surface area contributed by atoms with Gasteiger partial charge in [0.25, 0.3) is 0 Å². The average molecular weight is 507 g/mol. The van der Waals surface area contributed by atoms with Crippen LogP contribution in [0.2, 0.25) is 0 Å². The first-order chi connectivity index (χ1) is 17.0. The number of guanidine groups is 1. The maximum atomic E-state index is 13.1. The van der Waals surface area contributed by atoms with Crippen LogP contribution in [0.1, 0.15) is 31.2 Å². The van der Waals surface area contributed by atoms with E-state index in [1.807, 2.05) is 0 Å². The summed E-state index contributed by atoms with van der Waals surface area (Å²) in [5.74, 6) is -4.09. The Kier molecular flexibility index (Phi) is 13.0. The van der Waals surface area contributed by atoms with E-state index in [1.165, 1.54) is 0 Å². The van der Waals surface area contributed by atoms with E-state index in [2.05, 4.69) is 20.9 Å². The van der Waals surface area contributed by atoms with Crippen molar-refractivity contribution >= 4 is 35.6 Å². The van der Waals surface area contributed by atoms with Crippen LogP contribution in [0, 0.1) is 0 Å². The number of rotatable bonds is 16. The van der Waals surface area contributed by atoms with Crippen LogP contribution in [0.25, 0.3) is 0 Å². The summed E-state index contributed by atoms with van der Waals surface area (Å²) < 4.78 is 0. The number of nitrogens with one attached hydrogen (secondary N) is 3. The van der Waals surface area contributed by atoms with E-state index in [4.69, 9.17) is 28.0 Å². The number of nitrogens with zero attached hydrogens (tertiary/aromatic N) is 1. The molecule has 12 N–H and O–H groups in total. The highest BCUT2D eigenvalue weighted by atomic mass is 16.4. The first-order valence-electron chi connectivity index (χ1n) is 11.2. The molecule has 14 nitrogen and oxygen atoms in total. The van der Waals surface area contributed by atoms with E-state index >= 15 is 0 Å². The zero-order chi connectivity index (χ0) is 27.1. The van der Waals surface area contributed by atoms with Gasteiger partial charge in [0.05, 0.1) is 6.04 Å². The Morgan fingerprint density at radius 1 is 0.889 bits per heavy atom. The number of aliphatic carboxylic acids is 1. The summed E-state index contributed by atoms with van der Waals surface area (Å²) in [7, 11) is 0. The van der Waals surface area contributed by atoms with Gasteiger partial charge in [-0.15, -0.1) is 0 Å². The molecular weight excluding hydrogens is 472 g/mol. The molecule has 1 aromatic rings. The number of hydrogen-bond donors (Lipinski definition) is 8. The van der Waals surface area contributed by atoms with Gasteiger partial charge >= 0.3 is 5.97 Å². The topological polar surface area (TPSA) is 258 Å². The highest BCUT2D eigenvalue weighted by Crippen LogP contribution is 2.06. The molecule has 0 aliphatic heterocycles. The number of carbonyl (C=O) groups is 5. The molecule has 1 aromatic carbocycles. The van der Waals surface area contributed by atoms with Gasteiger partial charge in [0, 0.05) is 19.4 Å². The summed E-state index contributed by atoms with van der Waals surface area (Å²) in [6.45, 7) is -0.449. The fraction of sp³-hybridized carbons (Fsp3) is 0.455. The van der Waals surface area contributed by atoms with Gasteiger partial charge in [-0.2, -0.15) is 0 Å². The Balaban J connectivity index is 3.01. The molecule has 198 valence electrons. The quantitative estimate of drug-likeness (QED) is 0.0646. The molecule has 14 heteroatoms. The lowest BCUT2D eigenvalue weighted by molar-refractivity contribution is -0.138. The number of nitrogens with two attached hydrogens (primary N) is 4. The van der Waals surface area contributed by atoms with Gasteiger partial charge in [-0.25, -0.2) is 0 Å². The van der Waals surface area contributed by atoms with Crippen LogP contribution in [0.3, 0.4) is 0 Å². The van der Waals surface area contributed by atoms with Crippen LogP contribution in [0.5, 0.6) is 0 Å². The Labute approximate surface area is 208 Å². The predicted octanol–water partition coefficient (Wildman–Crippen LogP) is -2.95. The summed E-state index contributed by atoms with van der Waals surface area (Å²) in [5.41, 5.74) is 22.2. The number of benzene rings is 1. The molecule has 0 fully saturated rings. The summed E-state index contributed by atoms with van der Waals surface area (Å²) in [4.78, 5) is 64.0. The Morgan fingerprint density at radius 3 is 2.11 bits per heavy atom. The highest BCUT2D eigenvalue weighted by molar-refractivity contribution is 5.94. The van der Waals surface area contributed by atoms with Gasteiger partial charge < -0.3 is 44.0 Å². The molecule has 0 aliphatic rings. The molecule has 0 saturated carbocycles. The lowest BCUT2D eigenvalue weighted by Gasteiger charge is -2.24. The predicted molar refractivity (Wildman–Crippen MR) is 131 cm³/mol. The van der Waals surface area contributed by atoms with Crippen molar-refractivity contribution in [2.24, 2.45) is 27.9 Å². The molecule has 0 heterocycles. The normalized spacial score (nSPS) is 12.9. The van der Waals surface area contributed by atoms with Crippen molar-refractivity contribution in [3.8, 4) is 0 Å². The summed E-state index contributed by atoms with van der Waals surface area (Å²) >= 11 is 0. The standard InChI is InChI=1S/C22H34N8O6/c23-14(8-9-17(24)31)19(34)29-15(7-4-10-27-22(25)26)21(36)30-16(20(35)28-12-18(32)33)11-13-5-2-1-3-6-13/h1-3,5-6,14-16H,4,7-12,23H2,(H2,24,31)(H,28,35)(H,29,34)(H,30,36)(H,32,33)(H4,25,26,27). The minimum Gasteiger partial charge on any atom is -0.480 e. The second kappa shape index (κ2) is 15.7. The zero-order valence-corrected chi connectivity index (χ0v) is 19.8. The SMILES string of the molecule is NC(=O)CCC(N)C(=O)NC(CCCN=C(N)N)C(=O)NC(Cc1ccccc1)C(=O)NCC(=O)O. The molecular formula is C22H34N8O6. The van der Waals surface area contributed by atoms with Crippen molar-refractivity contribution in [1.82, 2.24) is 16.0 Å². The molecule has 0 spiro atoms. The second-order valence-electron chi connectivity index (χ2n) is 7.98. The molecule has 3 unspecified atom stereocenters. The first-order valence-corrected chi connectivity index (χ1v) is 11.2. The molecule has 0 aromatic heterocycles. The van der Waals surface area contributed by atoms with Gasteiger partial charge in [-0.3, -0.25) is 29.0 Å². The van der Waals surface area contributed by atoms with Crippen LogP contribution in [0.4, 0.5) is 0 Å². The minimum absolute atomic E-state index is 0.0161. The maximum Gasteiger partial charge on any atom is 0.322 e. The van der Waals surface area contributed by atoms with Crippen molar-refractivity contribution in [2.75, 3.05) is 13.1 Å². The van der Waals surface area contributed by atoms with Crippen molar-refractivity contribution in [2.45, 2.75) is 50.2 Å². The average Bonchev–Trinajstić information content (AvgIpc) is 2.82. The van der Waals surface area contributed by atoms with E-state index in [1.54, 1.807) is 30.3 Å². The van der Waals surface area contributed by atoms with Gasteiger partial charge in [0.15, 0.2) is 5.96 Å². The minimum atomic E-state index is -1.25. The number of hydrogen-bond acceptors (Lipinski definition) is 7. The molecule has 1 rings (SSSR count). The lowest BCUT2D eigenvalue weighted by atomic mass is 10.0. The van der Waals surface area contributed by atoms with E-state index in [-0.39, 0.29) is 38.2 Å². The van der Waals surface area contributed by atoms with Crippen LogP contribution >= 0.6 is 0 Å². The third kappa shape index (κ3) is 12.3. The monoisotopic (exact) mass is 506 g/mol. The fourth-order valence-electron chi connectivity index (χ4n) is 3.10. The number of amides is 4. The number of aliphatic imine (C=N–C) groups is 1. The molecule has 0 bridgehead atoms. The number of primary amides is 1. The Morgan fingerprint density at radius 2 is 1.53 bits per heavy atom. The van der Waals surface area contributed by atoms with Crippen molar-refractivity contribution in [1.29, 1.82) is 0 Å².